The average Bonchev–Trinajstić information content (AvgIpc) is 3.37. The monoisotopic (exact) mass is 425 g/mol. The zero-order valence-electron chi connectivity index (χ0n) is 16.3. The van der Waals surface area contributed by atoms with Gasteiger partial charge in [0.05, 0.1) is 17.5 Å². The Labute approximate surface area is 178 Å². The van der Waals surface area contributed by atoms with Gasteiger partial charge in [0, 0.05) is 31.2 Å². The molecule has 0 bridgehead atoms. The van der Waals surface area contributed by atoms with Crippen LogP contribution >= 0.6 is 11.6 Å². The highest BCUT2D eigenvalue weighted by Crippen LogP contribution is 2.38. The van der Waals surface area contributed by atoms with Gasteiger partial charge in [-0.15, -0.1) is 0 Å². The van der Waals surface area contributed by atoms with E-state index in [1.54, 1.807) is 42.7 Å². The van der Waals surface area contributed by atoms with Crippen molar-refractivity contribution in [2.45, 2.75) is 6.04 Å². The van der Waals surface area contributed by atoms with Crippen LogP contribution in [0, 0.1) is 0 Å². The first-order valence-electron chi connectivity index (χ1n) is 9.73. The molecule has 9 heteroatoms. The number of benzene rings is 1. The van der Waals surface area contributed by atoms with Crippen molar-refractivity contribution in [3.63, 3.8) is 0 Å². The molecule has 0 aliphatic carbocycles. The standard InChI is InChI=1S/C21H20ClN5O3/c1-25-8-10-26(11-9-25)21-23-17(15-3-2-12-30-15)16-18(24-21)20(29)27(19(16)28)14-6-4-13(22)5-7-14/h2-7,12,17H,8-11H2,1H3,(H,23,24)/t17-/m0/s1. The van der Waals surface area contributed by atoms with Gasteiger partial charge in [-0.25, -0.2) is 9.89 Å². The van der Waals surface area contributed by atoms with E-state index in [9.17, 15) is 9.59 Å². The van der Waals surface area contributed by atoms with E-state index in [1.807, 2.05) is 0 Å². The molecule has 8 nitrogen and oxygen atoms in total. The number of carbonyl (C=O) groups excluding carboxylic acids is 2. The Hall–Kier alpha value is -3.10. The normalized spacial score (nSPS) is 22.3. The molecule has 3 aliphatic heterocycles. The van der Waals surface area contributed by atoms with Crippen molar-refractivity contribution in [2.75, 3.05) is 38.1 Å². The van der Waals surface area contributed by atoms with E-state index in [-0.39, 0.29) is 5.70 Å². The Bertz CT molecular complexity index is 1050. The summed E-state index contributed by atoms with van der Waals surface area (Å²) in [5.74, 6) is 0.292. The van der Waals surface area contributed by atoms with Gasteiger partial charge in [0.1, 0.15) is 17.5 Å². The number of hydrogen-bond donors (Lipinski definition) is 1. The van der Waals surface area contributed by atoms with Crippen LogP contribution in [0.1, 0.15) is 11.8 Å². The fraction of sp³-hybridized carbons (Fsp3) is 0.286. The van der Waals surface area contributed by atoms with E-state index in [0.717, 1.165) is 31.1 Å². The Morgan fingerprint density at radius 3 is 2.47 bits per heavy atom. The molecule has 30 heavy (non-hydrogen) atoms. The first-order chi connectivity index (χ1) is 14.5. The first kappa shape index (κ1) is 18.9. The van der Waals surface area contributed by atoms with Crippen LogP contribution in [0.3, 0.4) is 0 Å². The van der Waals surface area contributed by atoms with Crippen molar-refractivity contribution < 1.29 is 14.0 Å². The summed E-state index contributed by atoms with van der Waals surface area (Å²) in [6, 6.07) is 9.45. The lowest BCUT2D eigenvalue weighted by Crippen LogP contribution is -2.52. The van der Waals surface area contributed by atoms with E-state index < -0.39 is 17.9 Å². The number of piperazine rings is 1. The second-order valence-corrected chi connectivity index (χ2v) is 7.93. The summed E-state index contributed by atoms with van der Waals surface area (Å²) in [4.78, 5) is 36.9. The van der Waals surface area contributed by atoms with Crippen LogP contribution in [0.2, 0.25) is 5.02 Å². The predicted octanol–water partition coefficient (Wildman–Crippen LogP) is 2.01. The molecule has 1 fully saturated rings. The minimum atomic E-state index is -0.681. The number of halogens is 1. The number of nitrogens with one attached hydrogen (secondary N) is 1. The molecule has 1 aromatic carbocycles. The highest BCUT2D eigenvalue weighted by molar-refractivity contribution is 6.34. The number of anilines is 1. The lowest BCUT2D eigenvalue weighted by atomic mass is 10.0. The second kappa shape index (κ2) is 7.30. The van der Waals surface area contributed by atoms with Crippen molar-refractivity contribution in [1.29, 1.82) is 0 Å². The van der Waals surface area contributed by atoms with E-state index >= 15 is 0 Å². The fourth-order valence-corrected chi connectivity index (χ4v) is 4.03. The summed E-state index contributed by atoms with van der Waals surface area (Å²) in [7, 11) is 2.07. The zero-order valence-corrected chi connectivity index (χ0v) is 17.1. The number of aliphatic imine (C=N–C) groups is 1. The maximum absolute atomic E-state index is 13.3. The summed E-state index contributed by atoms with van der Waals surface area (Å²) in [6.07, 6.45) is 1.54. The Morgan fingerprint density at radius 2 is 1.80 bits per heavy atom. The van der Waals surface area contributed by atoms with Gasteiger partial charge in [-0.1, -0.05) is 11.6 Å². The molecule has 2 aromatic rings. The molecule has 4 heterocycles. The third-order valence-corrected chi connectivity index (χ3v) is 5.83. The zero-order chi connectivity index (χ0) is 20.8. The van der Waals surface area contributed by atoms with Gasteiger partial charge in [-0.05, 0) is 43.4 Å². The number of guanidine groups is 1. The molecular formula is C21H20ClN5O3. The number of furan rings is 1. The molecule has 154 valence electrons. The number of amides is 2. The minimum absolute atomic E-state index is 0.250. The van der Waals surface area contributed by atoms with Crippen LogP contribution in [0.4, 0.5) is 5.69 Å². The van der Waals surface area contributed by atoms with Crippen LogP contribution in [0.25, 0.3) is 0 Å². The highest BCUT2D eigenvalue weighted by Gasteiger charge is 2.47. The lowest BCUT2D eigenvalue weighted by molar-refractivity contribution is -0.120. The van der Waals surface area contributed by atoms with E-state index in [4.69, 9.17) is 21.0 Å². The van der Waals surface area contributed by atoms with Crippen LogP contribution in [0.15, 0.2) is 63.3 Å². The van der Waals surface area contributed by atoms with Gasteiger partial charge in [0.2, 0.25) is 0 Å². The summed E-state index contributed by atoms with van der Waals surface area (Å²) in [6.45, 7) is 3.33. The van der Waals surface area contributed by atoms with Gasteiger partial charge in [-0.3, -0.25) is 9.59 Å². The molecule has 1 N–H and O–H groups in total. The molecule has 0 unspecified atom stereocenters. The Balaban J connectivity index is 1.52. The van der Waals surface area contributed by atoms with E-state index in [2.05, 4.69) is 22.2 Å². The maximum Gasteiger partial charge on any atom is 0.282 e. The molecule has 0 saturated carbocycles. The molecular weight excluding hydrogens is 406 g/mol. The second-order valence-electron chi connectivity index (χ2n) is 7.50. The van der Waals surface area contributed by atoms with E-state index in [1.165, 1.54) is 0 Å². The molecule has 1 aromatic heterocycles. The fourth-order valence-electron chi connectivity index (χ4n) is 3.91. The maximum atomic E-state index is 13.3. The number of imide groups is 1. The van der Waals surface area contributed by atoms with Gasteiger partial charge in [0.15, 0.2) is 5.96 Å². The quantitative estimate of drug-likeness (QED) is 0.741. The molecule has 1 saturated heterocycles. The van der Waals surface area contributed by atoms with Gasteiger partial charge in [-0.2, -0.15) is 0 Å². The van der Waals surface area contributed by atoms with Crippen molar-refractivity contribution in [2.24, 2.45) is 4.99 Å². The predicted molar refractivity (Wildman–Crippen MR) is 112 cm³/mol. The Kier molecular flexibility index (Phi) is 4.60. The van der Waals surface area contributed by atoms with Crippen LogP contribution in [0.5, 0.6) is 0 Å². The molecule has 2 amide bonds. The highest BCUT2D eigenvalue weighted by atomic mass is 35.5. The van der Waals surface area contributed by atoms with Crippen LogP contribution in [-0.4, -0.2) is 60.8 Å². The van der Waals surface area contributed by atoms with Crippen molar-refractivity contribution in [1.82, 2.24) is 15.1 Å². The SMILES string of the molecule is CN1CCN(C2=N[C@@H](c3ccco3)C3=C(N2)C(=O)N(c2ccc(Cl)cc2)C3=O)CC1. The van der Waals surface area contributed by atoms with Crippen LogP contribution < -0.4 is 10.2 Å². The summed E-state index contributed by atoms with van der Waals surface area (Å²) < 4.78 is 5.58. The largest absolute Gasteiger partial charge is 0.467 e. The topological polar surface area (TPSA) is 81.4 Å². The number of hydrogen-bond acceptors (Lipinski definition) is 7. The van der Waals surface area contributed by atoms with Crippen molar-refractivity contribution >= 4 is 35.1 Å². The molecule has 0 radical (unpaired) electrons. The van der Waals surface area contributed by atoms with E-state index in [0.29, 0.717) is 28.0 Å². The molecule has 5 rings (SSSR count). The number of carbonyl (C=O) groups is 2. The van der Waals surface area contributed by atoms with Crippen molar-refractivity contribution in [3.05, 3.63) is 64.7 Å². The van der Waals surface area contributed by atoms with Gasteiger partial charge < -0.3 is 19.5 Å². The van der Waals surface area contributed by atoms with Crippen LogP contribution in [-0.2, 0) is 9.59 Å². The number of nitrogens with zero attached hydrogens (tertiary/aromatic N) is 4. The third kappa shape index (κ3) is 3.09. The smallest absolute Gasteiger partial charge is 0.282 e. The molecule has 0 spiro atoms. The van der Waals surface area contributed by atoms with Gasteiger partial charge in [0.25, 0.3) is 11.8 Å². The Morgan fingerprint density at radius 1 is 1.07 bits per heavy atom. The summed E-state index contributed by atoms with van der Waals surface area (Å²) in [5.41, 5.74) is 1.01. The summed E-state index contributed by atoms with van der Waals surface area (Å²) >= 11 is 5.97. The molecule has 3 aliphatic rings. The number of likely N-dealkylation sites (N-methyl/N-ethyl adjacent to an activating group) is 1. The average molecular weight is 426 g/mol. The lowest BCUT2D eigenvalue weighted by Gasteiger charge is -2.36. The van der Waals surface area contributed by atoms with Crippen molar-refractivity contribution in [3.8, 4) is 0 Å². The third-order valence-electron chi connectivity index (χ3n) is 5.58. The minimum Gasteiger partial charge on any atom is -0.467 e. The van der Waals surface area contributed by atoms with Gasteiger partial charge >= 0.3 is 0 Å². The molecule has 1 atom stereocenters. The number of rotatable bonds is 2. The summed E-state index contributed by atoms with van der Waals surface area (Å²) in [5, 5.41) is 3.67. The first-order valence-corrected chi connectivity index (χ1v) is 10.1.